The maximum absolute atomic E-state index is 11.8. The summed E-state index contributed by atoms with van der Waals surface area (Å²) in [6.07, 6.45) is 6.52. The third-order valence-corrected chi connectivity index (χ3v) is 3.57. The Morgan fingerprint density at radius 2 is 1.78 bits per heavy atom. The van der Waals surface area contributed by atoms with Crippen LogP contribution < -0.4 is 10.9 Å². The molecule has 0 aliphatic rings. The molecule has 120 valence electrons. The van der Waals surface area contributed by atoms with Crippen LogP contribution in [0.15, 0.2) is 48.5 Å². The molecular weight excluding hydrogens is 288 g/mol. The summed E-state index contributed by atoms with van der Waals surface area (Å²) in [4.78, 5) is 23.3. The standard InChI is InChI=1S/C19H22N2O2/c1-2-3-4-12-18(22)20-21-19(23)14-13-16-10-7-9-15-8-5-6-11-17(15)16/h5-11,13-14H,2-4,12H2,1H3,(H,20,22)(H,21,23)/b14-13+. The van der Waals surface area contributed by atoms with E-state index >= 15 is 0 Å². The highest BCUT2D eigenvalue weighted by molar-refractivity contribution is 5.97. The van der Waals surface area contributed by atoms with Gasteiger partial charge in [0.05, 0.1) is 0 Å². The fraction of sp³-hybridized carbons (Fsp3) is 0.263. The first-order valence-electron chi connectivity index (χ1n) is 7.95. The lowest BCUT2D eigenvalue weighted by molar-refractivity contribution is -0.126. The normalized spacial score (nSPS) is 10.8. The molecule has 0 aliphatic carbocycles. The van der Waals surface area contributed by atoms with E-state index in [-0.39, 0.29) is 11.8 Å². The lowest BCUT2D eigenvalue weighted by Gasteiger charge is -2.05. The van der Waals surface area contributed by atoms with Gasteiger partial charge in [-0.2, -0.15) is 0 Å². The number of carbonyl (C=O) groups excluding carboxylic acids is 2. The Kier molecular flexibility index (Phi) is 6.36. The van der Waals surface area contributed by atoms with Crippen molar-refractivity contribution in [2.24, 2.45) is 0 Å². The quantitative estimate of drug-likeness (QED) is 0.487. The van der Waals surface area contributed by atoms with Gasteiger partial charge in [0.25, 0.3) is 5.91 Å². The van der Waals surface area contributed by atoms with Gasteiger partial charge in [0.2, 0.25) is 5.91 Å². The Morgan fingerprint density at radius 1 is 1.00 bits per heavy atom. The van der Waals surface area contributed by atoms with E-state index in [0.717, 1.165) is 35.6 Å². The van der Waals surface area contributed by atoms with Crippen molar-refractivity contribution in [3.8, 4) is 0 Å². The molecule has 4 nitrogen and oxygen atoms in total. The van der Waals surface area contributed by atoms with Gasteiger partial charge in [-0.25, -0.2) is 0 Å². The Morgan fingerprint density at radius 3 is 2.61 bits per heavy atom. The molecule has 0 unspecified atom stereocenters. The Hall–Kier alpha value is -2.62. The van der Waals surface area contributed by atoms with Crippen molar-refractivity contribution in [2.45, 2.75) is 32.6 Å². The molecule has 0 fully saturated rings. The number of benzene rings is 2. The maximum Gasteiger partial charge on any atom is 0.262 e. The van der Waals surface area contributed by atoms with Crippen LogP contribution in [0.2, 0.25) is 0 Å². The molecule has 0 saturated carbocycles. The van der Waals surface area contributed by atoms with Crippen LogP contribution in [0, 0.1) is 0 Å². The smallest absolute Gasteiger partial charge is 0.262 e. The molecule has 2 rings (SSSR count). The van der Waals surface area contributed by atoms with Crippen molar-refractivity contribution in [3.05, 3.63) is 54.1 Å². The van der Waals surface area contributed by atoms with E-state index in [1.807, 2.05) is 42.5 Å². The molecule has 0 bridgehead atoms. The molecular formula is C19H22N2O2. The highest BCUT2D eigenvalue weighted by Crippen LogP contribution is 2.19. The summed E-state index contributed by atoms with van der Waals surface area (Å²) in [5.41, 5.74) is 5.79. The van der Waals surface area contributed by atoms with Crippen molar-refractivity contribution < 1.29 is 9.59 Å². The van der Waals surface area contributed by atoms with Gasteiger partial charge in [-0.3, -0.25) is 20.4 Å². The number of hydrogen-bond acceptors (Lipinski definition) is 2. The van der Waals surface area contributed by atoms with Gasteiger partial charge >= 0.3 is 0 Å². The van der Waals surface area contributed by atoms with Gasteiger partial charge in [0.15, 0.2) is 0 Å². The number of rotatable bonds is 6. The van der Waals surface area contributed by atoms with Crippen LogP contribution in [0.1, 0.15) is 38.2 Å². The van der Waals surface area contributed by atoms with Crippen molar-refractivity contribution in [1.29, 1.82) is 0 Å². The zero-order valence-electron chi connectivity index (χ0n) is 13.3. The van der Waals surface area contributed by atoms with Crippen molar-refractivity contribution in [3.63, 3.8) is 0 Å². The minimum Gasteiger partial charge on any atom is -0.273 e. The summed E-state index contributed by atoms with van der Waals surface area (Å²) in [6, 6.07) is 13.9. The molecule has 0 aliphatic heterocycles. The number of carbonyl (C=O) groups is 2. The van der Waals surface area contributed by atoms with E-state index in [2.05, 4.69) is 17.8 Å². The Balaban J connectivity index is 1.89. The molecule has 0 saturated heterocycles. The molecule has 2 aromatic carbocycles. The van der Waals surface area contributed by atoms with Crippen molar-refractivity contribution in [1.82, 2.24) is 10.9 Å². The molecule has 0 atom stereocenters. The van der Waals surface area contributed by atoms with Gasteiger partial charge in [-0.1, -0.05) is 62.2 Å². The van der Waals surface area contributed by atoms with Crippen LogP contribution in [0.4, 0.5) is 0 Å². The predicted octanol–water partition coefficient (Wildman–Crippen LogP) is 3.58. The second-order valence-electron chi connectivity index (χ2n) is 5.40. The largest absolute Gasteiger partial charge is 0.273 e. The predicted molar refractivity (Wildman–Crippen MR) is 93.4 cm³/mol. The van der Waals surface area contributed by atoms with Crippen molar-refractivity contribution >= 4 is 28.7 Å². The molecule has 0 radical (unpaired) electrons. The van der Waals surface area contributed by atoms with E-state index in [9.17, 15) is 9.59 Å². The van der Waals surface area contributed by atoms with E-state index in [1.165, 1.54) is 6.08 Å². The van der Waals surface area contributed by atoms with Crippen molar-refractivity contribution in [2.75, 3.05) is 0 Å². The number of hydrazine groups is 1. The number of nitrogens with one attached hydrogen (secondary N) is 2. The van der Waals surface area contributed by atoms with Crippen LogP contribution in [-0.2, 0) is 9.59 Å². The SMILES string of the molecule is CCCCCC(=O)NNC(=O)/C=C/c1cccc2ccccc12. The topological polar surface area (TPSA) is 58.2 Å². The third-order valence-electron chi connectivity index (χ3n) is 3.57. The summed E-state index contributed by atoms with van der Waals surface area (Å²) in [6.45, 7) is 2.08. The second-order valence-corrected chi connectivity index (χ2v) is 5.40. The highest BCUT2D eigenvalue weighted by atomic mass is 16.2. The number of hydrogen-bond donors (Lipinski definition) is 2. The first-order chi connectivity index (χ1) is 11.2. The zero-order chi connectivity index (χ0) is 16.5. The van der Waals surface area contributed by atoms with E-state index in [0.29, 0.717) is 6.42 Å². The molecule has 2 amide bonds. The summed E-state index contributed by atoms with van der Waals surface area (Å²) >= 11 is 0. The molecule has 2 aromatic rings. The van der Waals surface area contributed by atoms with Gasteiger partial charge in [-0.05, 0) is 28.8 Å². The van der Waals surface area contributed by atoms with Crippen LogP contribution in [-0.4, -0.2) is 11.8 Å². The summed E-state index contributed by atoms with van der Waals surface area (Å²) in [5.74, 6) is -0.507. The fourth-order valence-corrected chi connectivity index (χ4v) is 2.33. The zero-order valence-corrected chi connectivity index (χ0v) is 13.3. The van der Waals surface area contributed by atoms with Crippen LogP contribution in [0.5, 0.6) is 0 Å². The number of amides is 2. The van der Waals surface area contributed by atoms with E-state index < -0.39 is 0 Å². The number of fused-ring (bicyclic) bond motifs is 1. The van der Waals surface area contributed by atoms with E-state index in [1.54, 1.807) is 6.08 Å². The van der Waals surface area contributed by atoms with Crippen LogP contribution in [0.3, 0.4) is 0 Å². The first kappa shape index (κ1) is 16.7. The molecule has 0 aromatic heterocycles. The van der Waals surface area contributed by atoms with Gasteiger partial charge < -0.3 is 0 Å². The Bertz CT molecular complexity index is 702. The lowest BCUT2D eigenvalue weighted by Crippen LogP contribution is -2.40. The second kappa shape index (κ2) is 8.73. The average molecular weight is 310 g/mol. The third kappa shape index (κ3) is 5.25. The Labute approximate surface area is 136 Å². The van der Waals surface area contributed by atoms with Gasteiger partial charge in [0, 0.05) is 12.5 Å². The van der Waals surface area contributed by atoms with Gasteiger partial charge in [-0.15, -0.1) is 0 Å². The molecule has 23 heavy (non-hydrogen) atoms. The first-order valence-corrected chi connectivity index (χ1v) is 7.95. The fourth-order valence-electron chi connectivity index (χ4n) is 2.33. The highest BCUT2D eigenvalue weighted by Gasteiger charge is 2.02. The van der Waals surface area contributed by atoms with Gasteiger partial charge in [0.1, 0.15) is 0 Å². The minimum absolute atomic E-state index is 0.162. The summed E-state index contributed by atoms with van der Waals surface area (Å²) in [7, 11) is 0. The molecule has 2 N–H and O–H groups in total. The minimum atomic E-state index is -0.346. The summed E-state index contributed by atoms with van der Waals surface area (Å²) in [5, 5.41) is 2.21. The monoisotopic (exact) mass is 310 g/mol. The number of unbranched alkanes of at least 4 members (excludes halogenated alkanes) is 2. The average Bonchev–Trinajstić information content (AvgIpc) is 2.58. The van der Waals surface area contributed by atoms with E-state index in [4.69, 9.17) is 0 Å². The summed E-state index contributed by atoms with van der Waals surface area (Å²) < 4.78 is 0. The maximum atomic E-state index is 11.8. The van der Waals surface area contributed by atoms with Crippen LogP contribution >= 0.6 is 0 Å². The molecule has 0 heterocycles. The molecule has 4 heteroatoms. The lowest BCUT2D eigenvalue weighted by atomic mass is 10.0. The van der Waals surface area contributed by atoms with Crippen LogP contribution in [0.25, 0.3) is 16.8 Å². The molecule has 0 spiro atoms.